The SMILES string of the molecule is CC1COCCN1S(=O)(=O)c1ccc2nccc(Nc3ccc4scnc4c3)c2c1. The molecule has 3 heterocycles. The number of benzene rings is 2. The van der Waals surface area contributed by atoms with Gasteiger partial charge in [0.1, 0.15) is 0 Å². The molecule has 0 bridgehead atoms. The normalized spacial score (nSPS) is 18.1. The Bertz CT molecular complexity index is 1340. The fourth-order valence-corrected chi connectivity index (χ4v) is 5.98. The van der Waals surface area contributed by atoms with Crippen LogP contribution in [0.5, 0.6) is 0 Å². The molecular weight excluding hydrogens is 420 g/mol. The molecule has 0 radical (unpaired) electrons. The van der Waals surface area contributed by atoms with Crippen LogP contribution in [0.4, 0.5) is 11.4 Å². The van der Waals surface area contributed by atoms with Gasteiger partial charge in [0.2, 0.25) is 10.0 Å². The number of nitrogens with zero attached hydrogens (tertiary/aromatic N) is 3. The van der Waals surface area contributed by atoms with Crippen LogP contribution < -0.4 is 5.32 Å². The second-order valence-electron chi connectivity index (χ2n) is 7.24. The largest absolute Gasteiger partial charge is 0.378 e. The number of hydrogen-bond acceptors (Lipinski definition) is 7. The lowest BCUT2D eigenvalue weighted by molar-refractivity contribution is 0.0393. The summed E-state index contributed by atoms with van der Waals surface area (Å²) in [6, 6.07) is 12.7. The topological polar surface area (TPSA) is 84.4 Å². The molecule has 0 saturated carbocycles. The number of pyridine rings is 1. The minimum absolute atomic E-state index is 0.198. The Morgan fingerprint density at radius 3 is 2.90 bits per heavy atom. The molecule has 2 aromatic carbocycles. The van der Waals surface area contributed by atoms with Crippen LogP contribution in [-0.2, 0) is 14.8 Å². The lowest BCUT2D eigenvalue weighted by atomic mass is 10.2. The smallest absolute Gasteiger partial charge is 0.243 e. The fourth-order valence-electron chi connectivity index (χ4n) is 3.69. The summed E-state index contributed by atoms with van der Waals surface area (Å²) in [4.78, 5) is 9.02. The van der Waals surface area contributed by atoms with Crippen LogP contribution in [0.1, 0.15) is 6.92 Å². The van der Waals surface area contributed by atoms with Crippen LogP contribution in [-0.4, -0.2) is 48.5 Å². The summed E-state index contributed by atoms with van der Waals surface area (Å²) in [6.07, 6.45) is 1.71. The summed E-state index contributed by atoms with van der Waals surface area (Å²) < 4.78 is 34.5. The standard InChI is InChI=1S/C21H20N4O3S2/c1-14-12-28-9-8-25(14)30(26,27)16-3-4-18-17(11-16)19(6-7-22-18)24-15-2-5-21-20(10-15)23-13-29-21/h2-7,10-11,13-14H,8-9,12H2,1H3,(H,22,24). The molecule has 0 aliphatic carbocycles. The van der Waals surface area contributed by atoms with Crippen molar-refractivity contribution in [1.29, 1.82) is 0 Å². The van der Waals surface area contributed by atoms with Gasteiger partial charge in [0, 0.05) is 35.5 Å². The van der Waals surface area contributed by atoms with Crippen molar-refractivity contribution in [2.45, 2.75) is 17.9 Å². The van der Waals surface area contributed by atoms with E-state index in [1.165, 1.54) is 4.31 Å². The van der Waals surface area contributed by atoms with Crippen LogP contribution in [0, 0.1) is 0 Å². The van der Waals surface area contributed by atoms with Crippen molar-refractivity contribution in [3.63, 3.8) is 0 Å². The van der Waals surface area contributed by atoms with Gasteiger partial charge in [-0.3, -0.25) is 4.98 Å². The lowest BCUT2D eigenvalue weighted by Gasteiger charge is -2.32. The maximum absolute atomic E-state index is 13.3. The van der Waals surface area contributed by atoms with E-state index in [1.807, 2.05) is 36.7 Å². The minimum atomic E-state index is -3.62. The minimum Gasteiger partial charge on any atom is -0.378 e. The molecule has 2 aromatic heterocycles. The van der Waals surface area contributed by atoms with E-state index in [0.717, 1.165) is 32.5 Å². The molecule has 0 amide bonds. The van der Waals surface area contributed by atoms with Crippen molar-refractivity contribution in [1.82, 2.24) is 14.3 Å². The van der Waals surface area contributed by atoms with Gasteiger partial charge in [0.25, 0.3) is 0 Å². The number of morpholine rings is 1. The van der Waals surface area contributed by atoms with E-state index in [0.29, 0.717) is 19.8 Å². The van der Waals surface area contributed by atoms with E-state index in [1.54, 1.807) is 35.7 Å². The van der Waals surface area contributed by atoms with Gasteiger partial charge in [-0.1, -0.05) is 0 Å². The Kier molecular flexibility index (Phi) is 4.90. The molecule has 4 aromatic rings. The predicted octanol–water partition coefficient (Wildman–Crippen LogP) is 4.00. The zero-order valence-corrected chi connectivity index (χ0v) is 17.9. The Hall–Kier alpha value is -2.59. The Morgan fingerprint density at radius 2 is 2.03 bits per heavy atom. The number of ether oxygens (including phenoxy) is 1. The van der Waals surface area contributed by atoms with Crippen molar-refractivity contribution >= 4 is 53.9 Å². The third kappa shape index (κ3) is 3.43. The van der Waals surface area contributed by atoms with E-state index < -0.39 is 10.0 Å². The number of aromatic nitrogens is 2. The Labute approximate surface area is 178 Å². The van der Waals surface area contributed by atoms with Gasteiger partial charge in [-0.15, -0.1) is 11.3 Å². The summed E-state index contributed by atoms with van der Waals surface area (Å²) in [5.74, 6) is 0. The van der Waals surface area contributed by atoms with Crippen LogP contribution >= 0.6 is 11.3 Å². The predicted molar refractivity (Wildman–Crippen MR) is 119 cm³/mol. The first-order valence-corrected chi connectivity index (χ1v) is 11.9. The Balaban J connectivity index is 1.55. The van der Waals surface area contributed by atoms with E-state index in [9.17, 15) is 8.42 Å². The Morgan fingerprint density at radius 1 is 1.13 bits per heavy atom. The summed E-state index contributed by atoms with van der Waals surface area (Å²) >= 11 is 1.59. The first-order valence-electron chi connectivity index (χ1n) is 9.61. The average Bonchev–Trinajstić information content (AvgIpc) is 3.22. The fraction of sp³-hybridized carbons (Fsp3) is 0.238. The van der Waals surface area contributed by atoms with E-state index >= 15 is 0 Å². The highest BCUT2D eigenvalue weighted by Crippen LogP contribution is 2.30. The van der Waals surface area contributed by atoms with Crippen LogP contribution in [0.25, 0.3) is 21.1 Å². The summed E-state index contributed by atoms with van der Waals surface area (Å²) in [6.45, 7) is 3.03. The highest BCUT2D eigenvalue weighted by atomic mass is 32.2. The van der Waals surface area contributed by atoms with Crippen molar-refractivity contribution in [3.8, 4) is 0 Å². The molecule has 1 unspecified atom stereocenters. The number of anilines is 2. The maximum Gasteiger partial charge on any atom is 0.243 e. The molecule has 0 spiro atoms. The zero-order valence-electron chi connectivity index (χ0n) is 16.3. The summed E-state index contributed by atoms with van der Waals surface area (Å²) in [5, 5.41) is 4.14. The van der Waals surface area contributed by atoms with Gasteiger partial charge in [0.15, 0.2) is 0 Å². The number of fused-ring (bicyclic) bond motifs is 2. The highest BCUT2D eigenvalue weighted by molar-refractivity contribution is 7.89. The molecular formula is C21H20N4O3S2. The van der Waals surface area contributed by atoms with E-state index in [2.05, 4.69) is 15.3 Å². The number of hydrogen-bond donors (Lipinski definition) is 1. The zero-order chi connectivity index (χ0) is 20.7. The molecule has 1 aliphatic rings. The van der Waals surface area contributed by atoms with E-state index in [-0.39, 0.29) is 10.9 Å². The molecule has 154 valence electrons. The summed E-state index contributed by atoms with van der Waals surface area (Å²) in [5.41, 5.74) is 5.15. The van der Waals surface area contributed by atoms with Crippen molar-refractivity contribution < 1.29 is 13.2 Å². The van der Waals surface area contributed by atoms with Crippen LogP contribution in [0.3, 0.4) is 0 Å². The highest BCUT2D eigenvalue weighted by Gasteiger charge is 2.31. The summed E-state index contributed by atoms with van der Waals surface area (Å²) in [7, 11) is -3.62. The van der Waals surface area contributed by atoms with Gasteiger partial charge in [-0.25, -0.2) is 13.4 Å². The molecule has 1 aliphatic heterocycles. The number of nitrogens with one attached hydrogen (secondary N) is 1. The molecule has 30 heavy (non-hydrogen) atoms. The van der Waals surface area contributed by atoms with Gasteiger partial charge in [-0.2, -0.15) is 4.31 Å². The van der Waals surface area contributed by atoms with Gasteiger partial charge < -0.3 is 10.1 Å². The molecule has 7 nitrogen and oxygen atoms in total. The number of sulfonamides is 1. The van der Waals surface area contributed by atoms with Crippen molar-refractivity contribution in [3.05, 3.63) is 54.2 Å². The first kappa shape index (κ1) is 19.4. The molecule has 1 atom stereocenters. The average molecular weight is 441 g/mol. The van der Waals surface area contributed by atoms with Crippen LogP contribution in [0.2, 0.25) is 0 Å². The van der Waals surface area contributed by atoms with Gasteiger partial charge in [0.05, 0.1) is 39.4 Å². The second kappa shape index (κ2) is 7.59. The first-order chi connectivity index (χ1) is 14.5. The number of thiazole rings is 1. The molecule has 1 saturated heterocycles. The van der Waals surface area contributed by atoms with Gasteiger partial charge in [-0.05, 0) is 49.4 Å². The van der Waals surface area contributed by atoms with Crippen LogP contribution in [0.15, 0.2) is 59.1 Å². The molecule has 5 rings (SSSR count). The van der Waals surface area contributed by atoms with E-state index in [4.69, 9.17) is 4.74 Å². The number of rotatable bonds is 4. The van der Waals surface area contributed by atoms with Crippen molar-refractivity contribution in [2.24, 2.45) is 0 Å². The monoisotopic (exact) mass is 440 g/mol. The second-order valence-corrected chi connectivity index (χ2v) is 10.0. The third-order valence-corrected chi connectivity index (χ3v) is 8.06. The molecule has 1 fully saturated rings. The molecule has 9 heteroatoms. The quantitative estimate of drug-likeness (QED) is 0.516. The lowest BCUT2D eigenvalue weighted by Crippen LogP contribution is -2.46. The van der Waals surface area contributed by atoms with Gasteiger partial charge >= 0.3 is 0 Å². The maximum atomic E-state index is 13.3. The third-order valence-electron chi connectivity index (χ3n) is 5.24. The molecule has 1 N–H and O–H groups in total. The van der Waals surface area contributed by atoms with Crippen molar-refractivity contribution in [2.75, 3.05) is 25.1 Å².